The molecule has 0 N–H and O–H groups in total. The van der Waals surface area contributed by atoms with Crippen LogP contribution in [0.3, 0.4) is 0 Å². The van der Waals surface area contributed by atoms with Gasteiger partial charge in [0.25, 0.3) is 0 Å². The van der Waals surface area contributed by atoms with E-state index in [9.17, 15) is 0 Å². The third-order valence-electron chi connectivity index (χ3n) is 0. The monoisotopic (exact) mass is 413 g/mol. The van der Waals surface area contributed by atoms with Crippen molar-refractivity contribution in [1.82, 2.24) is 0 Å². The zero-order valence-corrected chi connectivity index (χ0v) is 25.3. The maximum absolute atomic E-state index is 0. The van der Waals surface area contributed by atoms with E-state index in [0.717, 1.165) is 0 Å². The van der Waals surface area contributed by atoms with Gasteiger partial charge in [0.05, 0.1) is 0 Å². The second kappa shape index (κ2) is 29.2. The summed E-state index contributed by atoms with van der Waals surface area (Å²) in [5.41, 5.74) is 0. The molecule has 0 aromatic rings. The van der Waals surface area contributed by atoms with Crippen molar-refractivity contribution in [3.8, 4) is 0 Å². The molecule has 6 heavy (non-hydrogen) atoms. The Bertz CT molecular complexity index is 15.5. The molecule has 0 saturated heterocycles. The Morgan fingerprint density at radius 3 is 1.00 bits per heavy atom. The minimum Gasteiger partial charge on any atom is 0 e. The Morgan fingerprint density at radius 2 is 1.00 bits per heavy atom. The van der Waals surface area contributed by atoms with Gasteiger partial charge >= 0.3 is 0 Å². The van der Waals surface area contributed by atoms with E-state index in [4.69, 9.17) is 0 Å². The van der Waals surface area contributed by atoms with Crippen LogP contribution < -0.4 is 0 Å². The molecule has 9 radical (unpaired) electrons. The smallest absolute Gasteiger partial charge is 0 e. The molecule has 0 saturated carbocycles. The van der Waals surface area contributed by atoms with E-state index in [0.29, 0.717) is 0 Å². The third kappa shape index (κ3) is 23.0. The summed E-state index contributed by atoms with van der Waals surface area (Å²) in [7, 11) is 0. The fourth-order valence-corrected chi connectivity index (χ4v) is 0. The summed E-state index contributed by atoms with van der Waals surface area (Å²) >= 11 is 0. The molecule has 0 nitrogen and oxygen atoms in total. The number of hydrogen-bond donors (Lipinski definition) is 0. The third-order valence-corrected chi connectivity index (χ3v) is 0. The predicted octanol–water partition coefficient (Wildman–Crippen LogP) is -2.28. The van der Waals surface area contributed by atoms with Crippen LogP contribution in [0.4, 0.5) is 0 Å². The zero-order chi connectivity index (χ0) is 0. The number of rotatable bonds is 0. The molecule has 0 rings (SSSR count). The van der Waals surface area contributed by atoms with Crippen molar-refractivity contribution in [3.63, 3.8) is 0 Å². The molecule has 0 amide bonds. The van der Waals surface area contributed by atoms with Crippen molar-refractivity contribution in [3.05, 3.63) is 0 Å². The van der Waals surface area contributed by atoms with Crippen LogP contribution in [0.25, 0.3) is 0 Å². The van der Waals surface area contributed by atoms with Crippen molar-refractivity contribution >= 4 is 271 Å². The average molecular weight is 413 g/mol. The molecular formula is BaCaKNaRbSr. The van der Waals surface area contributed by atoms with Crippen LogP contribution in [0.2, 0.25) is 0 Å². The molecule has 0 aliphatic carbocycles. The van der Waals surface area contributed by atoms with Gasteiger partial charge in [0.2, 0.25) is 0 Å². The van der Waals surface area contributed by atoms with Crippen LogP contribution in [0, 0.1) is 0 Å². The molecule has 6 heteroatoms. The topological polar surface area (TPSA) is 0 Å². The molecular weight excluding hydrogens is 413 g/mol. The minimum atomic E-state index is 0. The molecule has 0 unspecified atom stereocenters. The average Bonchev–Trinajstić information content (AvgIpc) is 0. The van der Waals surface area contributed by atoms with E-state index >= 15 is 0 Å². The van der Waals surface area contributed by atoms with E-state index in [1.165, 1.54) is 0 Å². The maximum atomic E-state index is 0. The Labute approximate surface area is 260 Å². The first kappa shape index (κ1) is 36.4. The summed E-state index contributed by atoms with van der Waals surface area (Å²) in [6.07, 6.45) is 0. The first-order valence-corrected chi connectivity index (χ1v) is 0. The van der Waals surface area contributed by atoms with Crippen molar-refractivity contribution in [2.24, 2.45) is 0 Å². The van der Waals surface area contributed by atoms with Gasteiger partial charge in [-0.15, -0.1) is 0 Å². The van der Waals surface area contributed by atoms with Crippen molar-refractivity contribution < 1.29 is 0 Å². The molecule has 0 aromatic heterocycles. The van der Waals surface area contributed by atoms with E-state index in [2.05, 4.69) is 0 Å². The molecule has 0 fully saturated rings. The van der Waals surface area contributed by atoms with E-state index in [1.807, 2.05) is 0 Å². The molecule has 9 valence electrons. The van der Waals surface area contributed by atoms with Gasteiger partial charge in [0, 0.05) is 271 Å². The van der Waals surface area contributed by atoms with Gasteiger partial charge in [-0.25, -0.2) is 0 Å². The Morgan fingerprint density at radius 1 is 1.00 bits per heavy atom. The standard InChI is InChI=1S/Ba.Ca.K.Na.Rb.Sr. The van der Waals surface area contributed by atoms with Crippen LogP contribution in [0.15, 0.2) is 0 Å². The summed E-state index contributed by atoms with van der Waals surface area (Å²) in [6.45, 7) is 0. The SMILES string of the molecule is [Ba].[Ca].[K].[Na].[Rb].[Sr]. The Kier molecular flexibility index (Phi) is 177. The number of hydrogen-bond acceptors (Lipinski definition) is 0. The summed E-state index contributed by atoms with van der Waals surface area (Å²) in [6, 6.07) is 0. The zero-order valence-electron chi connectivity index (χ0n) is 5.12. The molecule has 0 aliphatic rings. The van der Waals surface area contributed by atoms with Crippen LogP contribution in [-0.2, 0) is 0 Å². The molecule has 0 aliphatic heterocycles. The van der Waals surface area contributed by atoms with Gasteiger partial charge in [-0.1, -0.05) is 0 Å². The van der Waals surface area contributed by atoms with Gasteiger partial charge in [-0.3, -0.25) is 0 Å². The summed E-state index contributed by atoms with van der Waals surface area (Å²) in [5, 5.41) is 0. The van der Waals surface area contributed by atoms with Gasteiger partial charge in [-0.2, -0.15) is 0 Å². The summed E-state index contributed by atoms with van der Waals surface area (Å²) < 4.78 is 0. The van der Waals surface area contributed by atoms with Crippen molar-refractivity contribution in [2.45, 2.75) is 0 Å². The largest absolute Gasteiger partial charge is 0 e. The Balaban J connectivity index is 0. The van der Waals surface area contributed by atoms with E-state index in [1.54, 1.807) is 0 Å². The first-order valence-electron chi connectivity index (χ1n) is 0. The summed E-state index contributed by atoms with van der Waals surface area (Å²) in [4.78, 5) is 0. The van der Waals surface area contributed by atoms with Gasteiger partial charge in [-0.05, 0) is 0 Å². The van der Waals surface area contributed by atoms with Crippen molar-refractivity contribution in [1.29, 1.82) is 0 Å². The van der Waals surface area contributed by atoms with Gasteiger partial charge < -0.3 is 0 Å². The molecule has 0 atom stereocenters. The molecule has 0 heterocycles. The fraction of sp³-hybridized carbons (Fsp3) is 0. The van der Waals surface area contributed by atoms with E-state index in [-0.39, 0.29) is 271 Å². The van der Waals surface area contributed by atoms with Gasteiger partial charge in [0.15, 0.2) is 0 Å². The quantitative estimate of drug-likeness (QED) is 0.393. The molecule has 0 bridgehead atoms. The Hall–Kier alpha value is 8.75. The van der Waals surface area contributed by atoms with Crippen LogP contribution >= 0.6 is 0 Å². The second-order valence-electron chi connectivity index (χ2n) is 0. The van der Waals surface area contributed by atoms with E-state index < -0.39 is 0 Å². The predicted molar refractivity (Wildman–Crippen MR) is 34.5 cm³/mol. The maximum Gasteiger partial charge on any atom is 0 e. The summed E-state index contributed by atoms with van der Waals surface area (Å²) in [5.74, 6) is 0. The van der Waals surface area contributed by atoms with Crippen molar-refractivity contribution in [2.75, 3.05) is 0 Å². The van der Waals surface area contributed by atoms with Crippen LogP contribution in [0.1, 0.15) is 0 Å². The van der Waals surface area contributed by atoms with Gasteiger partial charge in [0.1, 0.15) is 0 Å². The normalized spacial score (nSPS) is 0. The second-order valence-corrected chi connectivity index (χ2v) is 0. The van der Waals surface area contributed by atoms with Crippen LogP contribution in [-0.4, -0.2) is 271 Å². The van der Waals surface area contributed by atoms with Crippen LogP contribution in [0.5, 0.6) is 0 Å². The molecule has 0 spiro atoms. The fourth-order valence-electron chi connectivity index (χ4n) is 0. The minimum absolute atomic E-state index is 0. The molecule has 0 aromatic carbocycles. The first-order chi connectivity index (χ1) is 0.